The summed E-state index contributed by atoms with van der Waals surface area (Å²) in [7, 11) is 1.37. The Labute approximate surface area is 123 Å². The number of para-hydroxylation sites is 1. The summed E-state index contributed by atoms with van der Waals surface area (Å²) in [6.07, 6.45) is 0. The number of benzene rings is 2. The maximum Gasteiger partial charge on any atom is 0.337 e. The lowest BCUT2D eigenvalue weighted by molar-refractivity contribution is -0.133. The summed E-state index contributed by atoms with van der Waals surface area (Å²) in [6, 6.07) is 14.3. The van der Waals surface area contributed by atoms with E-state index in [0.29, 0.717) is 5.57 Å². The van der Waals surface area contributed by atoms with Gasteiger partial charge in [-0.15, -0.1) is 0 Å². The van der Waals surface area contributed by atoms with Gasteiger partial charge in [0.25, 0.3) is 0 Å². The van der Waals surface area contributed by atoms with Gasteiger partial charge in [-0.25, -0.2) is 4.79 Å². The van der Waals surface area contributed by atoms with Crippen LogP contribution in [0.25, 0.3) is 27.4 Å². The van der Waals surface area contributed by atoms with Gasteiger partial charge in [-0.1, -0.05) is 30.8 Å². The number of hydrogen-bond acceptors (Lipinski definition) is 2. The monoisotopic (exact) mass is 279 g/mol. The zero-order valence-corrected chi connectivity index (χ0v) is 12.2. The zero-order chi connectivity index (χ0) is 15.0. The first-order chi connectivity index (χ1) is 10.2. The number of nitrogens with zero attached hydrogens (tertiary/aromatic N) is 1. The van der Waals surface area contributed by atoms with Crippen molar-refractivity contribution in [2.24, 2.45) is 0 Å². The second kappa shape index (κ2) is 5.09. The Morgan fingerprint density at radius 3 is 2.57 bits per heavy atom. The fourth-order valence-corrected chi connectivity index (χ4v) is 2.82. The maximum absolute atomic E-state index is 11.6. The van der Waals surface area contributed by atoms with Crippen LogP contribution in [0, 0.1) is 0 Å². The molecule has 3 heteroatoms. The summed E-state index contributed by atoms with van der Waals surface area (Å²) < 4.78 is 7.02. The normalized spacial score (nSPS) is 11.0. The van der Waals surface area contributed by atoms with Crippen LogP contribution in [-0.2, 0) is 16.1 Å². The molecule has 2 aromatic carbocycles. The highest BCUT2D eigenvalue weighted by Crippen LogP contribution is 2.31. The summed E-state index contributed by atoms with van der Waals surface area (Å²) in [5.41, 5.74) is 3.55. The zero-order valence-electron chi connectivity index (χ0n) is 12.2. The van der Waals surface area contributed by atoms with Crippen LogP contribution in [0.15, 0.2) is 49.0 Å². The van der Waals surface area contributed by atoms with E-state index in [9.17, 15) is 4.79 Å². The molecule has 21 heavy (non-hydrogen) atoms. The number of esters is 1. The van der Waals surface area contributed by atoms with Gasteiger partial charge in [0.2, 0.25) is 0 Å². The lowest BCUT2D eigenvalue weighted by atomic mass is 10.0. The molecule has 1 heterocycles. The van der Waals surface area contributed by atoms with Gasteiger partial charge in [0.15, 0.2) is 0 Å². The molecule has 0 saturated carbocycles. The third-order valence-corrected chi connectivity index (χ3v) is 3.87. The number of rotatable bonds is 3. The average Bonchev–Trinajstić information content (AvgIpc) is 2.86. The van der Waals surface area contributed by atoms with Crippen molar-refractivity contribution >= 4 is 33.3 Å². The van der Waals surface area contributed by atoms with Crippen LogP contribution in [-0.4, -0.2) is 17.6 Å². The van der Waals surface area contributed by atoms with Crippen LogP contribution in [0.3, 0.4) is 0 Å². The quantitative estimate of drug-likeness (QED) is 0.536. The first-order valence-electron chi connectivity index (χ1n) is 6.96. The molecule has 3 nitrogen and oxygen atoms in total. The van der Waals surface area contributed by atoms with Crippen molar-refractivity contribution in [2.45, 2.75) is 13.5 Å². The SMILES string of the molecule is C=C(C(=O)OC)c1ccc2c(c1)c1ccccc1n2CC. The number of hydrogen-bond donors (Lipinski definition) is 0. The molecule has 0 atom stereocenters. The van der Waals surface area contributed by atoms with Gasteiger partial charge in [0.1, 0.15) is 0 Å². The van der Waals surface area contributed by atoms with E-state index in [1.54, 1.807) is 0 Å². The standard InChI is InChI=1S/C18H17NO2/c1-4-19-16-8-6-5-7-14(16)15-11-13(9-10-17(15)19)12(2)18(20)21-3/h5-11H,2,4H2,1,3H3. The molecule has 0 fully saturated rings. The first-order valence-corrected chi connectivity index (χ1v) is 6.96. The van der Waals surface area contributed by atoms with Crippen LogP contribution >= 0.6 is 0 Å². The number of methoxy groups -OCH3 is 1. The molecule has 0 bridgehead atoms. The largest absolute Gasteiger partial charge is 0.465 e. The predicted octanol–water partition coefficient (Wildman–Crippen LogP) is 4.00. The molecule has 3 rings (SSSR count). The third kappa shape index (κ3) is 2.02. The van der Waals surface area contributed by atoms with Gasteiger partial charge in [0, 0.05) is 28.4 Å². The van der Waals surface area contributed by atoms with Crippen LogP contribution < -0.4 is 0 Å². The topological polar surface area (TPSA) is 31.2 Å². The maximum atomic E-state index is 11.6. The highest BCUT2D eigenvalue weighted by molar-refractivity contribution is 6.17. The van der Waals surface area contributed by atoms with E-state index < -0.39 is 5.97 Å². The molecule has 0 unspecified atom stereocenters. The Kier molecular flexibility index (Phi) is 3.26. The summed E-state index contributed by atoms with van der Waals surface area (Å²) >= 11 is 0. The molecule has 0 spiro atoms. The van der Waals surface area contributed by atoms with Crippen LogP contribution in [0.1, 0.15) is 12.5 Å². The summed E-state index contributed by atoms with van der Waals surface area (Å²) in [4.78, 5) is 11.6. The van der Waals surface area contributed by atoms with Crippen LogP contribution in [0.4, 0.5) is 0 Å². The number of aromatic nitrogens is 1. The minimum Gasteiger partial charge on any atom is -0.465 e. The van der Waals surface area contributed by atoms with Gasteiger partial charge in [0.05, 0.1) is 12.7 Å². The number of carbonyl (C=O) groups is 1. The fourth-order valence-electron chi connectivity index (χ4n) is 2.82. The summed E-state index contributed by atoms with van der Waals surface area (Å²) in [5.74, 6) is -0.395. The van der Waals surface area contributed by atoms with Gasteiger partial charge < -0.3 is 9.30 Å². The fraction of sp³-hybridized carbons (Fsp3) is 0.167. The molecule has 106 valence electrons. The summed E-state index contributed by atoms with van der Waals surface area (Å²) in [6.45, 7) is 6.86. The van der Waals surface area contributed by atoms with Gasteiger partial charge in [-0.05, 0) is 30.7 Å². The van der Waals surface area contributed by atoms with Crippen molar-refractivity contribution in [2.75, 3.05) is 7.11 Å². The Morgan fingerprint density at radius 2 is 1.86 bits per heavy atom. The van der Waals surface area contributed by atoms with E-state index in [0.717, 1.165) is 17.5 Å². The molecule has 0 aliphatic carbocycles. The Hall–Kier alpha value is -2.55. The molecule has 0 radical (unpaired) electrons. The summed E-state index contributed by atoms with van der Waals surface area (Å²) in [5, 5.41) is 2.32. The Morgan fingerprint density at radius 1 is 1.14 bits per heavy atom. The van der Waals surface area contributed by atoms with E-state index in [4.69, 9.17) is 4.74 Å². The van der Waals surface area contributed by atoms with Gasteiger partial charge in [-0.3, -0.25) is 0 Å². The molecule has 3 aromatic rings. The number of carbonyl (C=O) groups excluding carboxylic acids is 1. The van der Waals surface area contributed by atoms with Crippen molar-refractivity contribution in [3.05, 3.63) is 54.6 Å². The molecule has 0 amide bonds. The van der Waals surface area contributed by atoms with Crippen molar-refractivity contribution in [3.63, 3.8) is 0 Å². The number of aryl methyl sites for hydroxylation is 1. The van der Waals surface area contributed by atoms with Gasteiger partial charge >= 0.3 is 5.97 Å². The van der Waals surface area contributed by atoms with E-state index in [1.807, 2.05) is 30.3 Å². The average molecular weight is 279 g/mol. The highest BCUT2D eigenvalue weighted by atomic mass is 16.5. The molecule has 0 aliphatic rings. The molecule has 0 aliphatic heterocycles. The number of ether oxygens (including phenoxy) is 1. The molecule has 1 aromatic heterocycles. The Balaban J connectivity index is 2.29. The van der Waals surface area contributed by atoms with E-state index in [2.05, 4.69) is 30.2 Å². The van der Waals surface area contributed by atoms with Crippen molar-refractivity contribution < 1.29 is 9.53 Å². The molecule has 0 N–H and O–H groups in total. The highest BCUT2D eigenvalue weighted by Gasteiger charge is 2.13. The smallest absolute Gasteiger partial charge is 0.337 e. The molecule has 0 saturated heterocycles. The van der Waals surface area contributed by atoms with Crippen molar-refractivity contribution in [1.82, 2.24) is 4.57 Å². The van der Waals surface area contributed by atoms with Crippen molar-refractivity contribution in [1.29, 1.82) is 0 Å². The van der Waals surface area contributed by atoms with E-state index >= 15 is 0 Å². The molecular formula is C18H17NO2. The first kappa shape index (κ1) is 13.4. The Bertz CT molecular complexity index is 858. The predicted molar refractivity (Wildman–Crippen MR) is 86.2 cm³/mol. The van der Waals surface area contributed by atoms with E-state index in [-0.39, 0.29) is 0 Å². The lowest BCUT2D eigenvalue weighted by Crippen LogP contribution is -2.02. The third-order valence-electron chi connectivity index (χ3n) is 3.87. The lowest BCUT2D eigenvalue weighted by Gasteiger charge is -2.05. The minimum absolute atomic E-state index is 0.382. The van der Waals surface area contributed by atoms with Crippen LogP contribution in [0.2, 0.25) is 0 Å². The van der Waals surface area contributed by atoms with Crippen molar-refractivity contribution in [3.8, 4) is 0 Å². The second-order valence-corrected chi connectivity index (χ2v) is 4.96. The number of fused-ring (bicyclic) bond motifs is 3. The second-order valence-electron chi connectivity index (χ2n) is 4.96. The van der Waals surface area contributed by atoms with Crippen LogP contribution in [0.5, 0.6) is 0 Å². The minimum atomic E-state index is -0.395. The van der Waals surface area contributed by atoms with E-state index in [1.165, 1.54) is 23.5 Å². The molecular weight excluding hydrogens is 262 g/mol. The van der Waals surface area contributed by atoms with Gasteiger partial charge in [-0.2, -0.15) is 0 Å².